The van der Waals surface area contributed by atoms with Crippen LogP contribution in [0.3, 0.4) is 0 Å². The highest BCUT2D eigenvalue weighted by molar-refractivity contribution is 5.89. The van der Waals surface area contributed by atoms with Crippen LogP contribution in [0, 0.1) is 11.3 Å². The van der Waals surface area contributed by atoms with E-state index in [2.05, 4.69) is 11.0 Å². The first-order valence-corrected chi connectivity index (χ1v) is 8.19. The van der Waals surface area contributed by atoms with Crippen LogP contribution in [0.2, 0.25) is 0 Å². The molecule has 1 aliphatic rings. The lowest BCUT2D eigenvalue weighted by Crippen LogP contribution is -2.36. The third kappa shape index (κ3) is 4.24. The number of hydrogen-bond acceptors (Lipinski definition) is 3. The Labute approximate surface area is 149 Å². The van der Waals surface area contributed by atoms with Crippen molar-refractivity contribution < 1.29 is 17.9 Å². The minimum Gasteiger partial charge on any atom is -0.378 e. The number of allylic oxidation sites excluding steroid dienone is 1. The number of halogens is 3. The molecule has 6 heteroatoms. The molecule has 0 bridgehead atoms. The number of anilines is 1. The Morgan fingerprint density at radius 2 is 1.62 bits per heavy atom. The lowest BCUT2D eigenvalue weighted by atomic mass is 10.0. The minimum absolute atomic E-state index is 0.317. The van der Waals surface area contributed by atoms with Crippen molar-refractivity contribution in [2.45, 2.75) is 6.18 Å². The molecule has 0 atom stereocenters. The summed E-state index contributed by atoms with van der Waals surface area (Å²) in [6.07, 6.45) is -2.71. The van der Waals surface area contributed by atoms with Gasteiger partial charge < -0.3 is 9.64 Å². The highest BCUT2D eigenvalue weighted by atomic mass is 19.4. The van der Waals surface area contributed by atoms with Gasteiger partial charge in [0, 0.05) is 18.8 Å². The molecule has 1 fully saturated rings. The molecule has 1 saturated heterocycles. The number of nitrogens with zero attached hydrogens (tertiary/aromatic N) is 2. The molecule has 3 nitrogen and oxygen atoms in total. The number of nitriles is 1. The van der Waals surface area contributed by atoms with Crippen LogP contribution in [0.15, 0.2) is 48.5 Å². The third-order valence-electron chi connectivity index (χ3n) is 4.22. The fourth-order valence-electron chi connectivity index (χ4n) is 2.79. The summed E-state index contributed by atoms with van der Waals surface area (Å²) in [6, 6.07) is 14.4. The second-order valence-electron chi connectivity index (χ2n) is 5.94. The van der Waals surface area contributed by atoms with Gasteiger partial charge in [-0.15, -0.1) is 0 Å². The molecule has 0 N–H and O–H groups in total. The largest absolute Gasteiger partial charge is 0.416 e. The molecule has 1 aliphatic heterocycles. The van der Waals surface area contributed by atoms with Gasteiger partial charge in [0.15, 0.2) is 0 Å². The first-order chi connectivity index (χ1) is 12.5. The first kappa shape index (κ1) is 18.0. The maximum Gasteiger partial charge on any atom is 0.416 e. The predicted molar refractivity (Wildman–Crippen MR) is 94.4 cm³/mol. The Balaban J connectivity index is 1.79. The normalized spacial score (nSPS) is 15.6. The molecule has 0 radical (unpaired) electrons. The highest BCUT2D eigenvalue weighted by Crippen LogP contribution is 2.30. The molecule has 3 rings (SSSR count). The van der Waals surface area contributed by atoms with Gasteiger partial charge in [-0.2, -0.15) is 18.4 Å². The van der Waals surface area contributed by atoms with Crippen LogP contribution in [0.25, 0.3) is 11.6 Å². The molecule has 2 aromatic rings. The molecule has 2 aromatic carbocycles. The van der Waals surface area contributed by atoms with E-state index in [0.717, 1.165) is 36.5 Å². The van der Waals surface area contributed by atoms with Gasteiger partial charge in [0.25, 0.3) is 0 Å². The highest BCUT2D eigenvalue weighted by Gasteiger charge is 2.30. The van der Waals surface area contributed by atoms with Crippen molar-refractivity contribution in [2.24, 2.45) is 0 Å². The maximum absolute atomic E-state index is 12.6. The lowest BCUT2D eigenvalue weighted by molar-refractivity contribution is -0.137. The van der Waals surface area contributed by atoms with Gasteiger partial charge in [-0.3, -0.25) is 0 Å². The van der Waals surface area contributed by atoms with Crippen LogP contribution in [0.4, 0.5) is 18.9 Å². The Bertz CT molecular complexity index is 812. The van der Waals surface area contributed by atoms with E-state index in [1.807, 2.05) is 24.3 Å². The zero-order valence-corrected chi connectivity index (χ0v) is 14.0. The second kappa shape index (κ2) is 7.63. The molecule has 0 saturated carbocycles. The molecule has 0 unspecified atom stereocenters. The molecule has 1 heterocycles. The van der Waals surface area contributed by atoms with E-state index in [1.165, 1.54) is 12.1 Å². The molecule has 0 aliphatic carbocycles. The standard InChI is InChI=1S/C20H17F3N2O/c21-20(22,23)18-5-3-16(4-6-18)17(14-24)13-15-1-7-19(8-2-15)25-9-11-26-12-10-25/h1-8,13H,9-12H2. The van der Waals surface area contributed by atoms with Crippen molar-refractivity contribution in [3.8, 4) is 6.07 Å². The number of rotatable bonds is 3. The van der Waals surface area contributed by atoms with Crippen LogP contribution >= 0.6 is 0 Å². The van der Waals surface area contributed by atoms with E-state index in [9.17, 15) is 18.4 Å². The summed E-state index contributed by atoms with van der Waals surface area (Å²) in [5, 5.41) is 9.37. The lowest BCUT2D eigenvalue weighted by Gasteiger charge is -2.28. The van der Waals surface area contributed by atoms with Crippen LogP contribution < -0.4 is 4.90 Å². The monoisotopic (exact) mass is 358 g/mol. The van der Waals surface area contributed by atoms with E-state index >= 15 is 0 Å². The van der Waals surface area contributed by atoms with E-state index in [1.54, 1.807) is 6.08 Å². The molecule has 0 amide bonds. The number of hydrogen-bond donors (Lipinski definition) is 0. The summed E-state index contributed by atoms with van der Waals surface area (Å²) in [6.45, 7) is 3.08. The van der Waals surface area contributed by atoms with Crippen LogP contribution in [0.5, 0.6) is 0 Å². The summed E-state index contributed by atoms with van der Waals surface area (Å²) in [4.78, 5) is 2.22. The predicted octanol–water partition coefficient (Wildman–Crippen LogP) is 4.61. The maximum atomic E-state index is 12.6. The third-order valence-corrected chi connectivity index (χ3v) is 4.22. The fraction of sp³-hybridized carbons (Fsp3) is 0.250. The Morgan fingerprint density at radius 1 is 1.00 bits per heavy atom. The van der Waals surface area contributed by atoms with E-state index in [0.29, 0.717) is 24.4 Å². The van der Waals surface area contributed by atoms with Crippen LogP contribution in [-0.4, -0.2) is 26.3 Å². The van der Waals surface area contributed by atoms with Gasteiger partial charge in [-0.05, 0) is 41.5 Å². The minimum atomic E-state index is -4.38. The number of benzene rings is 2. The zero-order valence-electron chi connectivity index (χ0n) is 14.0. The molecule has 0 aromatic heterocycles. The van der Waals surface area contributed by atoms with Crippen molar-refractivity contribution in [1.29, 1.82) is 5.26 Å². The van der Waals surface area contributed by atoms with Crippen molar-refractivity contribution >= 4 is 17.3 Å². The number of ether oxygens (including phenoxy) is 1. The van der Waals surface area contributed by atoms with Gasteiger partial charge in [0.1, 0.15) is 0 Å². The van der Waals surface area contributed by atoms with Crippen LogP contribution in [-0.2, 0) is 10.9 Å². The Hall–Kier alpha value is -2.78. The van der Waals surface area contributed by atoms with Crippen molar-refractivity contribution in [3.63, 3.8) is 0 Å². The van der Waals surface area contributed by atoms with Crippen molar-refractivity contribution in [2.75, 3.05) is 31.2 Å². The van der Waals surface area contributed by atoms with Gasteiger partial charge >= 0.3 is 6.18 Å². The summed E-state index contributed by atoms with van der Waals surface area (Å²) in [5.74, 6) is 0. The summed E-state index contributed by atoms with van der Waals surface area (Å²) in [5.41, 5.74) is 1.95. The van der Waals surface area contributed by atoms with Crippen molar-refractivity contribution in [3.05, 3.63) is 65.2 Å². The molecule has 134 valence electrons. The van der Waals surface area contributed by atoms with Crippen LogP contribution in [0.1, 0.15) is 16.7 Å². The Kier molecular flexibility index (Phi) is 5.29. The van der Waals surface area contributed by atoms with Gasteiger partial charge in [0.05, 0.1) is 30.4 Å². The fourth-order valence-corrected chi connectivity index (χ4v) is 2.79. The molecule has 26 heavy (non-hydrogen) atoms. The quantitative estimate of drug-likeness (QED) is 0.594. The molecule has 0 spiro atoms. The Morgan fingerprint density at radius 3 is 2.15 bits per heavy atom. The first-order valence-electron chi connectivity index (χ1n) is 8.19. The summed E-state index contributed by atoms with van der Waals surface area (Å²) in [7, 11) is 0. The SMILES string of the molecule is N#CC(=Cc1ccc(N2CCOCC2)cc1)c1ccc(C(F)(F)F)cc1. The summed E-state index contributed by atoms with van der Waals surface area (Å²) >= 11 is 0. The van der Waals surface area contributed by atoms with E-state index in [-0.39, 0.29) is 0 Å². The number of morpholine rings is 1. The smallest absolute Gasteiger partial charge is 0.378 e. The average Bonchev–Trinajstić information content (AvgIpc) is 2.67. The number of alkyl halides is 3. The summed E-state index contributed by atoms with van der Waals surface area (Å²) < 4.78 is 43.3. The van der Waals surface area contributed by atoms with Gasteiger partial charge in [0.2, 0.25) is 0 Å². The molecular formula is C20H17F3N2O. The van der Waals surface area contributed by atoms with E-state index < -0.39 is 11.7 Å². The topological polar surface area (TPSA) is 36.3 Å². The average molecular weight is 358 g/mol. The molecular weight excluding hydrogens is 341 g/mol. The van der Waals surface area contributed by atoms with Gasteiger partial charge in [-0.25, -0.2) is 0 Å². The second-order valence-corrected chi connectivity index (χ2v) is 5.94. The van der Waals surface area contributed by atoms with Gasteiger partial charge in [-0.1, -0.05) is 24.3 Å². The van der Waals surface area contributed by atoms with Crippen molar-refractivity contribution in [1.82, 2.24) is 0 Å². The van der Waals surface area contributed by atoms with E-state index in [4.69, 9.17) is 4.74 Å². The zero-order chi connectivity index (χ0) is 18.6.